The second kappa shape index (κ2) is 11.4. The van der Waals surface area contributed by atoms with Crippen LogP contribution in [-0.4, -0.2) is 36.7 Å². The van der Waals surface area contributed by atoms with Crippen molar-refractivity contribution >= 4 is 27.5 Å². The van der Waals surface area contributed by atoms with Crippen LogP contribution >= 0.6 is 15.9 Å². The number of Topliss-reactive ketones (excluding diaryl/α,β-unsaturated/α-hetero) is 2. The maximum Gasteiger partial charge on any atom is 0.175 e. The fourth-order valence-electron chi connectivity index (χ4n) is 6.79. The topological polar surface area (TPSA) is 55.8 Å². The highest BCUT2D eigenvalue weighted by atomic mass is 79.9. The van der Waals surface area contributed by atoms with Crippen LogP contribution in [0.1, 0.15) is 83.8 Å². The second-order valence-corrected chi connectivity index (χ2v) is 14.2. The summed E-state index contributed by atoms with van der Waals surface area (Å²) in [6.07, 6.45) is 4.23. The van der Waals surface area contributed by atoms with Gasteiger partial charge in [0.25, 0.3) is 0 Å². The van der Waals surface area contributed by atoms with Crippen LogP contribution in [-0.2, 0) is 16.0 Å². The second-order valence-electron chi connectivity index (χ2n) is 13.3. The van der Waals surface area contributed by atoms with Gasteiger partial charge in [-0.15, -0.1) is 0 Å². The van der Waals surface area contributed by atoms with Gasteiger partial charge in [0.15, 0.2) is 23.1 Å². The van der Waals surface area contributed by atoms with Crippen molar-refractivity contribution in [3.63, 3.8) is 0 Å². The fourth-order valence-corrected chi connectivity index (χ4v) is 7.36. The number of carbonyl (C=O) groups is 2. The molecule has 0 unspecified atom stereocenters. The number of nitrogens with zero attached hydrogens (tertiary/aromatic N) is 1. The molecule has 0 saturated carbocycles. The summed E-state index contributed by atoms with van der Waals surface area (Å²) in [5, 5.41) is 0. The summed E-state index contributed by atoms with van der Waals surface area (Å²) >= 11 is 3.72. The molecule has 2 aromatic rings. The molecule has 41 heavy (non-hydrogen) atoms. The predicted molar refractivity (Wildman–Crippen MR) is 166 cm³/mol. The van der Waals surface area contributed by atoms with Gasteiger partial charge >= 0.3 is 0 Å². The molecule has 2 aromatic carbocycles. The Labute approximate surface area is 253 Å². The maximum absolute atomic E-state index is 14.1. The first-order valence-corrected chi connectivity index (χ1v) is 15.6. The van der Waals surface area contributed by atoms with Crippen molar-refractivity contribution in [2.75, 3.05) is 20.3 Å². The number of hydrogen-bond acceptors (Lipinski definition) is 5. The molecule has 0 spiro atoms. The molecule has 5 nitrogen and oxygen atoms in total. The smallest absolute Gasteiger partial charge is 0.175 e. The van der Waals surface area contributed by atoms with E-state index in [2.05, 4.69) is 79.7 Å². The van der Waals surface area contributed by atoms with E-state index in [4.69, 9.17) is 9.47 Å². The zero-order valence-corrected chi connectivity index (χ0v) is 26.8. The number of carbonyl (C=O) groups excluding carboxylic acids is 2. The van der Waals surface area contributed by atoms with Crippen LogP contribution in [0, 0.1) is 10.8 Å². The minimum absolute atomic E-state index is 0.136. The lowest BCUT2D eigenvalue weighted by Crippen LogP contribution is -2.45. The molecule has 0 aromatic heterocycles. The first-order valence-electron chi connectivity index (χ1n) is 14.8. The van der Waals surface area contributed by atoms with Gasteiger partial charge in [0.2, 0.25) is 0 Å². The summed E-state index contributed by atoms with van der Waals surface area (Å²) in [7, 11) is 1.63. The molecule has 0 N–H and O–H groups in total. The largest absolute Gasteiger partial charge is 0.493 e. The molecule has 1 heterocycles. The lowest BCUT2D eigenvalue weighted by molar-refractivity contribution is -0.119. The van der Waals surface area contributed by atoms with Gasteiger partial charge in [-0.3, -0.25) is 9.59 Å². The molecule has 3 aliphatic rings. The lowest BCUT2D eigenvalue weighted by Gasteiger charge is -2.49. The van der Waals surface area contributed by atoms with E-state index < -0.39 is 5.92 Å². The molecule has 218 valence electrons. The molecule has 0 bridgehead atoms. The molecule has 6 heteroatoms. The average molecular weight is 621 g/mol. The number of rotatable bonds is 8. The molecule has 1 aliphatic heterocycles. The van der Waals surface area contributed by atoms with Crippen molar-refractivity contribution in [2.45, 2.75) is 79.1 Å². The van der Waals surface area contributed by atoms with Gasteiger partial charge in [-0.1, -0.05) is 65.0 Å². The molecule has 0 fully saturated rings. The molecule has 2 aliphatic carbocycles. The SMILES string of the molecule is CCCOc1c(Br)cc(C2C3=C(CC(C)(C)CC3=O)N(CCc3ccccc3)C3=C2C(=O)CC(C)(C)C3)cc1OC. The van der Waals surface area contributed by atoms with Crippen LogP contribution in [0.2, 0.25) is 0 Å². The third kappa shape index (κ3) is 5.90. The van der Waals surface area contributed by atoms with Crippen LogP contribution in [0.3, 0.4) is 0 Å². The number of hydrogen-bond donors (Lipinski definition) is 0. The number of benzene rings is 2. The normalized spacial score (nSPS) is 20.2. The van der Waals surface area contributed by atoms with E-state index in [9.17, 15) is 9.59 Å². The standard InChI is InChI=1S/C35H42BrNO4/c1-7-15-41-33-24(36)16-23(17-29(33)40-6)30-31-25(18-34(2,3)20-27(31)38)37(14-13-22-11-9-8-10-12-22)26-19-35(4,5)21-28(39)32(26)30/h8-12,16-17,30H,7,13-15,18-21H2,1-6H3. The Morgan fingerprint density at radius 1 is 0.902 bits per heavy atom. The minimum atomic E-state index is -0.425. The summed E-state index contributed by atoms with van der Waals surface area (Å²) in [6, 6.07) is 14.5. The third-order valence-corrected chi connectivity index (χ3v) is 9.11. The van der Waals surface area contributed by atoms with E-state index in [1.807, 2.05) is 18.2 Å². The van der Waals surface area contributed by atoms with E-state index in [1.165, 1.54) is 5.56 Å². The van der Waals surface area contributed by atoms with Gasteiger partial charge in [0.1, 0.15) is 0 Å². The first-order chi connectivity index (χ1) is 19.4. The van der Waals surface area contributed by atoms with Crippen molar-refractivity contribution < 1.29 is 19.1 Å². The number of methoxy groups -OCH3 is 1. The quantitative estimate of drug-likeness (QED) is 0.298. The monoisotopic (exact) mass is 619 g/mol. The van der Waals surface area contributed by atoms with Crippen LogP contribution in [0.15, 0.2) is 69.5 Å². The number of ketones is 2. The van der Waals surface area contributed by atoms with Gasteiger partial charge in [-0.25, -0.2) is 0 Å². The van der Waals surface area contributed by atoms with Crippen LogP contribution in [0.4, 0.5) is 0 Å². The van der Waals surface area contributed by atoms with Crippen molar-refractivity contribution in [3.05, 3.63) is 80.6 Å². The Kier molecular flexibility index (Phi) is 8.26. The highest BCUT2D eigenvalue weighted by Crippen LogP contribution is 2.55. The van der Waals surface area contributed by atoms with Crippen molar-refractivity contribution in [1.29, 1.82) is 0 Å². The van der Waals surface area contributed by atoms with E-state index in [0.717, 1.165) is 64.8 Å². The Bertz CT molecular complexity index is 1370. The summed E-state index contributed by atoms with van der Waals surface area (Å²) < 4.78 is 12.6. The molecule has 5 rings (SSSR count). The molecule has 0 amide bonds. The summed E-state index contributed by atoms with van der Waals surface area (Å²) in [6.45, 7) is 12.1. The lowest BCUT2D eigenvalue weighted by atomic mass is 9.63. The highest BCUT2D eigenvalue weighted by molar-refractivity contribution is 9.10. The number of halogens is 1. The summed E-state index contributed by atoms with van der Waals surface area (Å²) in [5.41, 5.74) is 5.54. The molecule has 0 saturated heterocycles. The zero-order valence-electron chi connectivity index (χ0n) is 25.2. The van der Waals surface area contributed by atoms with E-state index in [-0.39, 0.29) is 22.4 Å². The van der Waals surface area contributed by atoms with Crippen molar-refractivity contribution in [1.82, 2.24) is 4.90 Å². The van der Waals surface area contributed by atoms with Gasteiger partial charge in [-0.2, -0.15) is 0 Å². The molecule has 0 atom stereocenters. The Morgan fingerprint density at radius 3 is 2.02 bits per heavy atom. The molecule has 0 radical (unpaired) electrons. The fraction of sp³-hybridized carbons (Fsp3) is 0.486. The Morgan fingerprint density at radius 2 is 1.49 bits per heavy atom. The minimum Gasteiger partial charge on any atom is -0.493 e. The Hall–Kier alpha value is -2.86. The molecular formula is C35H42BrNO4. The summed E-state index contributed by atoms with van der Waals surface area (Å²) in [4.78, 5) is 30.6. The van der Waals surface area contributed by atoms with Crippen LogP contribution < -0.4 is 9.47 Å². The van der Waals surface area contributed by atoms with E-state index >= 15 is 0 Å². The van der Waals surface area contributed by atoms with Crippen LogP contribution in [0.5, 0.6) is 11.5 Å². The number of ether oxygens (including phenoxy) is 2. The van der Waals surface area contributed by atoms with Gasteiger partial charge in [0.05, 0.1) is 18.2 Å². The predicted octanol–water partition coefficient (Wildman–Crippen LogP) is 8.17. The zero-order chi connectivity index (χ0) is 29.5. The van der Waals surface area contributed by atoms with Crippen LogP contribution in [0.25, 0.3) is 0 Å². The average Bonchev–Trinajstić information content (AvgIpc) is 2.89. The first kappa shape index (κ1) is 29.6. The number of allylic oxidation sites excluding steroid dienone is 4. The summed E-state index contributed by atoms with van der Waals surface area (Å²) in [5.74, 6) is 1.10. The highest BCUT2D eigenvalue weighted by Gasteiger charge is 2.49. The maximum atomic E-state index is 14.1. The Balaban J connectivity index is 1.71. The molecular weight excluding hydrogens is 578 g/mol. The van der Waals surface area contributed by atoms with Gasteiger partial charge < -0.3 is 14.4 Å². The van der Waals surface area contributed by atoms with Crippen molar-refractivity contribution in [3.8, 4) is 11.5 Å². The van der Waals surface area contributed by atoms with E-state index in [0.29, 0.717) is 30.9 Å². The van der Waals surface area contributed by atoms with Gasteiger partial charge in [-0.05, 0) is 75.7 Å². The van der Waals surface area contributed by atoms with Gasteiger partial charge in [0, 0.05) is 47.8 Å². The van der Waals surface area contributed by atoms with E-state index in [1.54, 1.807) is 7.11 Å². The van der Waals surface area contributed by atoms with Crippen molar-refractivity contribution in [2.24, 2.45) is 10.8 Å². The third-order valence-electron chi connectivity index (χ3n) is 8.52.